The van der Waals surface area contributed by atoms with Gasteiger partial charge in [-0.05, 0) is 30.3 Å². The lowest BCUT2D eigenvalue weighted by molar-refractivity contribution is -0.116. The number of nitrogens with zero attached hydrogens (tertiary/aromatic N) is 2. The van der Waals surface area contributed by atoms with Gasteiger partial charge < -0.3 is 10.6 Å². The molecule has 3 rings (SSSR count). The maximum atomic E-state index is 13.6. The first-order valence-electron chi connectivity index (χ1n) is 7.74. The van der Waals surface area contributed by atoms with E-state index in [1.807, 2.05) is 18.2 Å². The lowest BCUT2D eigenvalue weighted by Crippen LogP contribution is -2.15. The van der Waals surface area contributed by atoms with Crippen LogP contribution in [0.25, 0.3) is 10.7 Å². The normalized spacial score (nSPS) is 10.4. The van der Waals surface area contributed by atoms with Crippen LogP contribution in [0, 0.1) is 5.82 Å². The second-order valence-corrected chi connectivity index (χ2v) is 6.32. The van der Waals surface area contributed by atoms with Crippen LogP contribution >= 0.6 is 11.3 Å². The molecule has 0 saturated heterocycles. The summed E-state index contributed by atoms with van der Waals surface area (Å²) in [6, 6.07) is 9.53. The number of benzene rings is 1. The average molecular weight is 370 g/mol. The number of amides is 2. The summed E-state index contributed by atoms with van der Waals surface area (Å²) in [5.74, 6) is -1.25. The van der Waals surface area contributed by atoms with E-state index in [0.29, 0.717) is 11.4 Å². The molecule has 132 valence electrons. The molecule has 0 spiro atoms. The molecule has 8 heteroatoms. The highest BCUT2D eigenvalue weighted by atomic mass is 32.1. The van der Waals surface area contributed by atoms with Crippen molar-refractivity contribution in [2.75, 3.05) is 10.6 Å². The van der Waals surface area contributed by atoms with Crippen molar-refractivity contribution in [1.29, 1.82) is 0 Å². The summed E-state index contributed by atoms with van der Waals surface area (Å²) in [6.45, 7) is 1.28. The summed E-state index contributed by atoms with van der Waals surface area (Å²) < 4.78 is 13.6. The maximum Gasteiger partial charge on any atom is 0.230 e. The molecule has 6 nitrogen and oxygen atoms in total. The van der Waals surface area contributed by atoms with Crippen molar-refractivity contribution < 1.29 is 14.0 Å². The third kappa shape index (κ3) is 4.48. The van der Waals surface area contributed by atoms with E-state index in [1.54, 1.807) is 11.6 Å². The minimum Gasteiger partial charge on any atom is -0.326 e. The minimum atomic E-state index is -0.572. The van der Waals surface area contributed by atoms with Gasteiger partial charge in [0.05, 0.1) is 23.5 Å². The summed E-state index contributed by atoms with van der Waals surface area (Å²) in [5.41, 5.74) is 1.78. The molecule has 0 aliphatic heterocycles. The van der Waals surface area contributed by atoms with Crippen molar-refractivity contribution in [3.8, 4) is 10.7 Å². The summed E-state index contributed by atoms with van der Waals surface area (Å²) in [4.78, 5) is 31.9. The number of pyridine rings is 1. The Balaban J connectivity index is 1.66. The van der Waals surface area contributed by atoms with Gasteiger partial charge in [0.15, 0.2) is 0 Å². The van der Waals surface area contributed by atoms with Gasteiger partial charge in [-0.15, -0.1) is 11.3 Å². The Morgan fingerprint density at radius 1 is 1.19 bits per heavy atom. The number of rotatable bonds is 5. The summed E-state index contributed by atoms with van der Waals surface area (Å²) in [7, 11) is 0. The molecule has 2 aromatic heterocycles. The summed E-state index contributed by atoms with van der Waals surface area (Å²) in [5, 5.41) is 7.59. The van der Waals surface area contributed by atoms with E-state index in [-0.39, 0.29) is 18.0 Å². The number of halogens is 1. The number of carbonyl (C=O) groups excluding carboxylic acids is 2. The predicted octanol–water partition coefficient (Wildman–Crippen LogP) is 3.48. The highest BCUT2D eigenvalue weighted by molar-refractivity contribution is 7.13. The Kier molecular flexibility index (Phi) is 5.33. The fourth-order valence-corrected chi connectivity index (χ4v) is 3.05. The van der Waals surface area contributed by atoms with Crippen molar-refractivity contribution in [2.24, 2.45) is 0 Å². The molecule has 2 heterocycles. The number of aromatic nitrogens is 2. The van der Waals surface area contributed by atoms with Gasteiger partial charge in [-0.2, -0.15) is 0 Å². The zero-order valence-electron chi connectivity index (χ0n) is 13.8. The van der Waals surface area contributed by atoms with Gasteiger partial charge in [0.25, 0.3) is 0 Å². The number of nitrogens with one attached hydrogen (secondary N) is 2. The van der Waals surface area contributed by atoms with E-state index < -0.39 is 11.7 Å². The number of hydrogen-bond donors (Lipinski definition) is 2. The highest BCUT2D eigenvalue weighted by Crippen LogP contribution is 2.22. The zero-order chi connectivity index (χ0) is 18.5. The molecule has 3 aromatic rings. The van der Waals surface area contributed by atoms with Crippen LogP contribution in [0.2, 0.25) is 0 Å². The average Bonchev–Trinajstić information content (AvgIpc) is 3.06. The summed E-state index contributed by atoms with van der Waals surface area (Å²) >= 11 is 1.41. The third-order valence-corrected chi connectivity index (χ3v) is 4.25. The molecule has 0 saturated carbocycles. The Morgan fingerprint density at radius 2 is 2.04 bits per heavy atom. The van der Waals surface area contributed by atoms with Gasteiger partial charge in [0, 0.05) is 24.2 Å². The lowest BCUT2D eigenvalue weighted by Gasteiger charge is -2.08. The molecule has 0 fully saturated rings. The highest BCUT2D eigenvalue weighted by Gasteiger charge is 2.11. The quantitative estimate of drug-likeness (QED) is 0.720. The second-order valence-electron chi connectivity index (χ2n) is 5.46. The predicted molar refractivity (Wildman–Crippen MR) is 98.4 cm³/mol. The smallest absolute Gasteiger partial charge is 0.230 e. The van der Waals surface area contributed by atoms with Crippen LogP contribution in [-0.2, 0) is 16.0 Å². The third-order valence-electron chi connectivity index (χ3n) is 3.34. The van der Waals surface area contributed by atoms with E-state index in [1.165, 1.54) is 36.5 Å². The SMILES string of the molecule is CC(=O)Nc1cc(NC(=O)Cc2csc(-c3ccccn3)n2)ccc1F. The largest absolute Gasteiger partial charge is 0.326 e. The Labute approximate surface area is 153 Å². The van der Waals surface area contributed by atoms with Gasteiger partial charge in [-0.25, -0.2) is 9.37 Å². The maximum absolute atomic E-state index is 13.6. The Morgan fingerprint density at radius 3 is 2.77 bits per heavy atom. The standard InChI is InChI=1S/C18H15FN4O2S/c1-11(24)21-16-8-12(5-6-14(16)19)22-17(25)9-13-10-26-18(23-13)15-4-2-3-7-20-15/h2-8,10H,9H2,1H3,(H,21,24)(H,22,25). The van der Waals surface area contributed by atoms with Gasteiger partial charge in [-0.3, -0.25) is 14.6 Å². The number of carbonyl (C=O) groups is 2. The first kappa shape index (κ1) is 17.7. The van der Waals surface area contributed by atoms with Crippen molar-refractivity contribution >= 4 is 34.5 Å². The van der Waals surface area contributed by atoms with Crippen LogP contribution in [-0.4, -0.2) is 21.8 Å². The van der Waals surface area contributed by atoms with Crippen LogP contribution in [0.15, 0.2) is 48.0 Å². The molecular formula is C18H15FN4O2S. The van der Waals surface area contributed by atoms with E-state index in [0.717, 1.165) is 10.7 Å². The number of thiazole rings is 1. The topological polar surface area (TPSA) is 84.0 Å². The fraction of sp³-hybridized carbons (Fsp3) is 0.111. The first-order valence-corrected chi connectivity index (χ1v) is 8.62. The Hall–Kier alpha value is -3.13. The molecule has 0 unspecified atom stereocenters. The van der Waals surface area contributed by atoms with Crippen LogP contribution in [0.4, 0.5) is 15.8 Å². The molecule has 2 N–H and O–H groups in total. The van der Waals surface area contributed by atoms with Crippen molar-refractivity contribution in [2.45, 2.75) is 13.3 Å². The van der Waals surface area contributed by atoms with Gasteiger partial charge in [-0.1, -0.05) is 6.07 Å². The Bertz CT molecular complexity index is 943. The molecule has 0 radical (unpaired) electrons. The van der Waals surface area contributed by atoms with E-state index in [2.05, 4.69) is 20.6 Å². The van der Waals surface area contributed by atoms with Gasteiger partial charge in [0.1, 0.15) is 10.8 Å². The van der Waals surface area contributed by atoms with E-state index >= 15 is 0 Å². The number of hydrogen-bond acceptors (Lipinski definition) is 5. The van der Waals surface area contributed by atoms with Gasteiger partial charge >= 0.3 is 0 Å². The van der Waals surface area contributed by atoms with Crippen molar-refractivity contribution in [3.05, 3.63) is 59.5 Å². The lowest BCUT2D eigenvalue weighted by atomic mass is 10.2. The molecule has 0 aliphatic rings. The molecule has 0 atom stereocenters. The molecule has 1 aromatic carbocycles. The van der Waals surface area contributed by atoms with Crippen molar-refractivity contribution in [3.63, 3.8) is 0 Å². The molecule has 2 amide bonds. The minimum absolute atomic E-state index is 0.0152. The zero-order valence-corrected chi connectivity index (χ0v) is 14.6. The molecular weight excluding hydrogens is 355 g/mol. The summed E-state index contributed by atoms with van der Waals surface area (Å²) in [6.07, 6.45) is 1.76. The van der Waals surface area contributed by atoms with Crippen molar-refractivity contribution in [1.82, 2.24) is 9.97 Å². The fourth-order valence-electron chi connectivity index (χ4n) is 2.25. The van der Waals surface area contributed by atoms with E-state index in [9.17, 15) is 14.0 Å². The van der Waals surface area contributed by atoms with Crippen LogP contribution in [0.3, 0.4) is 0 Å². The van der Waals surface area contributed by atoms with Crippen LogP contribution in [0.5, 0.6) is 0 Å². The molecule has 0 bridgehead atoms. The monoisotopic (exact) mass is 370 g/mol. The van der Waals surface area contributed by atoms with E-state index in [4.69, 9.17) is 0 Å². The van der Waals surface area contributed by atoms with Crippen LogP contribution in [0.1, 0.15) is 12.6 Å². The van der Waals surface area contributed by atoms with Crippen LogP contribution < -0.4 is 10.6 Å². The first-order chi connectivity index (χ1) is 12.5. The number of anilines is 2. The molecule has 26 heavy (non-hydrogen) atoms. The van der Waals surface area contributed by atoms with Gasteiger partial charge in [0.2, 0.25) is 11.8 Å². The molecule has 0 aliphatic carbocycles. The second kappa shape index (κ2) is 7.83.